The number of H-pyrrole nitrogens is 1. The summed E-state index contributed by atoms with van der Waals surface area (Å²) in [6.07, 6.45) is 1.66. The fourth-order valence-electron chi connectivity index (χ4n) is 2.62. The number of hydrogen-bond donors (Lipinski definition) is 2. The van der Waals surface area contributed by atoms with E-state index in [0.717, 1.165) is 11.1 Å². The lowest BCUT2D eigenvalue weighted by Crippen LogP contribution is -2.38. The van der Waals surface area contributed by atoms with Gasteiger partial charge in [-0.1, -0.05) is 29.8 Å². The van der Waals surface area contributed by atoms with E-state index in [2.05, 4.69) is 16.2 Å². The van der Waals surface area contributed by atoms with Gasteiger partial charge >= 0.3 is 0 Å². The number of carbonyl (C=O) groups excluding carboxylic acids is 1. The third-order valence-corrected chi connectivity index (χ3v) is 5.40. The minimum Gasteiger partial charge on any atom is -0.345 e. The highest BCUT2D eigenvalue weighted by Gasteiger charge is 2.21. The maximum atomic E-state index is 12.3. The van der Waals surface area contributed by atoms with Crippen LogP contribution in [0.1, 0.15) is 15.9 Å². The summed E-state index contributed by atoms with van der Waals surface area (Å²) in [6, 6.07) is 10.6. The predicted molar refractivity (Wildman–Crippen MR) is 97.8 cm³/mol. The second-order valence-electron chi connectivity index (χ2n) is 5.93. The average Bonchev–Trinajstić information content (AvgIpc) is 2.85. The zero-order valence-corrected chi connectivity index (χ0v) is 14.1. The molecule has 0 saturated heterocycles. The molecule has 0 aliphatic carbocycles. The first-order valence-electron chi connectivity index (χ1n) is 7.48. The Morgan fingerprint density at radius 2 is 2.12 bits per heavy atom. The molecule has 1 aromatic heterocycles. The van der Waals surface area contributed by atoms with Crippen molar-refractivity contribution in [3.8, 4) is 11.3 Å². The number of nitrogens with one attached hydrogen (secondary N) is 2. The summed E-state index contributed by atoms with van der Waals surface area (Å²) in [5.74, 6) is 3.37. The maximum absolute atomic E-state index is 12.3. The number of amides is 1. The van der Waals surface area contributed by atoms with E-state index in [0.29, 0.717) is 5.69 Å². The van der Waals surface area contributed by atoms with Gasteiger partial charge in [0.05, 0.1) is 6.04 Å². The molecule has 1 amide bonds. The monoisotopic (exact) mass is 342 g/mol. The number of hydrogen-bond acceptors (Lipinski definition) is 3. The zero-order chi connectivity index (χ0) is 17.3. The van der Waals surface area contributed by atoms with Crippen molar-refractivity contribution < 1.29 is 9.00 Å². The van der Waals surface area contributed by atoms with Crippen LogP contribution in [-0.4, -0.2) is 32.8 Å². The van der Waals surface area contributed by atoms with Crippen LogP contribution < -0.4 is 10.9 Å². The standard InChI is InChI=1S/C18H18N2O3S/c1-12-4-3-5-13(10-12)16-7-6-15(18(22)20-16)17(21)19-14-8-9-24(2,23)11-14/h3-10,14H,2,11H2,1H3,(H,19,21)(H,20,22). The zero-order valence-electron chi connectivity index (χ0n) is 13.2. The lowest BCUT2D eigenvalue weighted by atomic mass is 10.1. The number of carbonyl (C=O) groups is 1. The molecule has 2 N–H and O–H groups in total. The van der Waals surface area contributed by atoms with E-state index in [1.807, 2.05) is 31.2 Å². The third-order valence-electron chi connectivity index (χ3n) is 3.82. The van der Waals surface area contributed by atoms with Gasteiger partial charge in [0.1, 0.15) is 5.56 Å². The van der Waals surface area contributed by atoms with Crippen molar-refractivity contribution in [2.24, 2.45) is 0 Å². The predicted octanol–water partition coefficient (Wildman–Crippen LogP) is 1.69. The number of aryl methyl sites for hydroxylation is 1. The molecule has 0 spiro atoms. The van der Waals surface area contributed by atoms with Crippen LogP contribution in [0.2, 0.25) is 0 Å². The van der Waals surface area contributed by atoms with E-state index in [1.165, 1.54) is 11.5 Å². The van der Waals surface area contributed by atoms with Crippen molar-refractivity contribution in [3.63, 3.8) is 0 Å². The third kappa shape index (κ3) is 3.49. The highest BCUT2D eigenvalue weighted by Crippen LogP contribution is 2.17. The molecule has 0 bridgehead atoms. The second-order valence-corrected chi connectivity index (χ2v) is 8.27. The number of rotatable bonds is 3. The van der Waals surface area contributed by atoms with Crippen LogP contribution in [0.5, 0.6) is 0 Å². The van der Waals surface area contributed by atoms with Crippen LogP contribution in [0.3, 0.4) is 0 Å². The molecule has 0 radical (unpaired) electrons. The normalized spacial score (nSPS) is 22.5. The van der Waals surface area contributed by atoms with Crippen molar-refractivity contribution in [2.45, 2.75) is 13.0 Å². The smallest absolute Gasteiger partial charge is 0.261 e. The molecule has 2 aromatic rings. The van der Waals surface area contributed by atoms with Crippen molar-refractivity contribution in [2.75, 3.05) is 5.75 Å². The van der Waals surface area contributed by atoms with Gasteiger partial charge in [0, 0.05) is 11.4 Å². The maximum Gasteiger partial charge on any atom is 0.261 e. The molecule has 124 valence electrons. The minimum absolute atomic E-state index is 0.0299. The first-order valence-corrected chi connectivity index (χ1v) is 9.44. The Balaban J connectivity index is 1.81. The van der Waals surface area contributed by atoms with Crippen molar-refractivity contribution in [3.05, 3.63) is 69.4 Å². The van der Waals surface area contributed by atoms with Gasteiger partial charge < -0.3 is 10.3 Å². The number of pyridine rings is 1. The van der Waals surface area contributed by atoms with Crippen LogP contribution in [-0.2, 0) is 9.52 Å². The molecule has 0 fully saturated rings. The fraction of sp³-hybridized carbons (Fsp3) is 0.167. The Morgan fingerprint density at radius 3 is 2.75 bits per heavy atom. The van der Waals surface area contributed by atoms with Gasteiger partial charge in [-0.3, -0.25) is 13.8 Å². The molecule has 1 aliphatic rings. The summed E-state index contributed by atoms with van der Waals surface area (Å²) in [5.41, 5.74) is 2.20. The Morgan fingerprint density at radius 1 is 1.33 bits per heavy atom. The molecule has 2 unspecified atom stereocenters. The van der Waals surface area contributed by atoms with Gasteiger partial charge in [-0.05, 0) is 51.5 Å². The van der Waals surface area contributed by atoms with Crippen LogP contribution >= 0.6 is 0 Å². The largest absolute Gasteiger partial charge is 0.345 e. The first-order chi connectivity index (χ1) is 11.3. The van der Waals surface area contributed by atoms with E-state index in [4.69, 9.17) is 0 Å². The van der Waals surface area contributed by atoms with Gasteiger partial charge in [0.15, 0.2) is 0 Å². The fourth-order valence-corrected chi connectivity index (χ4v) is 4.01. The summed E-state index contributed by atoms with van der Waals surface area (Å²) in [7, 11) is -2.26. The summed E-state index contributed by atoms with van der Waals surface area (Å²) in [6.45, 7) is 1.97. The Kier molecular flexibility index (Phi) is 4.15. The quantitative estimate of drug-likeness (QED) is 0.833. The lowest BCUT2D eigenvalue weighted by Gasteiger charge is -2.11. The molecule has 2 heterocycles. The van der Waals surface area contributed by atoms with Gasteiger partial charge in [-0.2, -0.15) is 0 Å². The number of benzene rings is 1. The summed E-state index contributed by atoms with van der Waals surface area (Å²) in [4.78, 5) is 27.2. The Labute approximate surface area is 140 Å². The molecule has 3 rings (SSSR count). The SMILES string of the molecule is C=S1(=O)C=CC(NC(=O)c2ccc(-c3cccc(C)c3)[nH]c2=O)C1. The second kappa shape index (κ2) is 6.13. The topological polar surface area (TPSA) is 79.0 Å². The molecule has 1 aliphatic heterocycles. The molecule has 1 aromatic carbocycles. The van der Waals surface area contributed by atoms with E-state index in [-0.39, 0.29) is 17.4 Å². The highest BCUT2D eigenvalue weighted by molar-refractivity contribution is 8.03. The van der Waals surface area contributed by atoms with Crippen LogP contribution in [0.25, 0.3) is 11.3 Å². The summed E-state index contributed by atoms with van der Waals surface area (Å²) < 4.78 is 11.8. The molecular formula is C18H18N2O3S. The highest BCUT2D eigenvalue weighted by atomic mass is 32.2. The summed E-state index contributed by atoms with van der Waals surface area (Å²) >= 11 is 0. The van der Waals surface area contributed by atoms with E-state index in [9.17, 15) is 13.8 Å². The van der Waals surface area contributed by atoms with Crippen LogP contribution in [0.15, 0.2) is 52.7 Å². The molecule has 6 heteroatoms. The lowest BCUT2D eigenvalue weighted by molar-refractivity contribution is 0.0946. The molecule has 5 nitrogen and oxygen atoms in total. The van der Waals surface area contributed by atoms with Gasteiger partial charge in [0.25, 0.3) is 11.5 Å². The van der Waals surface area contributed by atoms with E-state index >= 15 is 0 Å². The molecule has 2 atom stereocenters. The average molecular weight is 342 g/mol. The van der Waals surface area contributed by atoms with Crippen molar-refractivity contribution >= 4 is 21.3 Å². The molecular weight excluding hydrogens is 324 g/mol. The Hall–Kier alpha value is -2.60. The first kappa shape index (κ1) is 16.3. The van der Waals surface area contributed by atoms with Crippen molar-refractivity contribution in [1.29, 1.82) is 0 Å². The van der Waals surface area contributed by atoms with E-state index in [1.54, 1.807) is 12.1 Å². The van der Waals surface area contributed by atoms with Crippen LogP contribution in [0, 0.1) is 6.92 Å². The van der Waals surface area contributed by atoms with Crippen LogP contribution in [0.4, 0.5) is 0 Å². The van der Waals surface area contributed by atoms with Gasteiger partial charge in [-0.25, -0.2) is 0 Å². The summed E-state index contributed by atoms with van der Waals surface area (Å²) in [5, 5.41) is 4.21. The van der Waals surface area contributed by atoms with Gasteiger partial charge in [0.2, 0.25) is 0 Å². The molecule has 24 heavy (non-hydrogen) atoms. The van der Waals surface area contributed by atoms with Crippen molar-refractivity contribution in [1.82, 2.24) is 10.3 Å². The molecule has 0 saturated carbocycles. The minimum atomic E-state index is -2.26. The van der Waals surface area contributed by atoms with E-state index < -0.39 is 21.0 Å². The van der Waals surface area contributed by atoms with Gasteiger partial charge in [-0.15, -0.1) is 0 Å². The number of aromatic nitrogens is 1. The number of aromatic amines is 1. The Bertz CT molecular complexity index is 987.